The molecule has 1 aromatic rings. The van der Waals surface area contributed by atoms with Gasteiger partial charge in [0.05, 0.1) is 0 Å². The summed E-state index contributed by atoms with van der Waals surface area (Å²) < 4.78 is 5.10. The van der Waals surface area contributed by atoms with Crippen LogP contribution in [0.5, 0.6) is 0 Å². The van der Waals surface area contributed by atoms with Crippen LogP contribution >= 0.6 is 0 Å². The summed E-state index contributed by atoms with van der Waals surface area (Å²) in [5.74, 6) is 1.75. The van der Waals surface area contributed by atoms with Crippen molar-refractivity contribution in [1.82, 2.24) is 15.1 Å². The molecule has 2 aliphatic rings. The van der Waals surface area contributed by atoms with Crippen LogP contribution in [-0.4, -0.2) is 39.4 Å². The van der Waals surface area contributed by atoms with Crippen LogP contribution in [0.4, 0.5) is 4.79 Å². The van der Waals surface area contributed by atoms with Crippen LogP contribution in [0, 0.1) is 11.8 Å². The monoisotopic (exact) mass is 195 g/mol. The van der Waals surface area contributed by atoms with Crippen molar-refractivity contribution in [3.8, 4) is 0 Å². The molecule has 3 rings (SSSR count). The van der Waals surface area contributed by atoms with Crippen molar-refractivity contribution in [1.29, 1.82) is 0 Å². The van der Waals surface area contributed by atoms with E-state index in [1.165, 1.54) is 11.3 Å². The predicted molar refractivity (Wildman–Crippen MR) is 43.6 cm³/mol. The summed E-state index contributed by atoms with van der Waals surface area (Å²) in [6.07, 6.45) is 0.486. The van der Waals surface area contributed by atoms with Gasteiger partial charge < -0.3 is 14.4 Å². The topological polar surface area (TPSA) is 79.5 Å². The maximum absolute atomic E-state index is 10.6. The number of nitrogens with zero attached hydrogens (tertiary/aromatic N) is 3. The molecule has 1 N–H and O–H groups in total. The van der Waals surface area contributed by atoms with Gasteiger partial charge in [0.1, 0.15) is 0 Å². The van der Waals surface area contributed by atoms with Crippen LogP contribution in [0.3, 0.4) is 0 Å². The van der Waals surface area contributed by atoms with Gasteiger partial charge in [0, 0.05) is 19.0 Å². The standard InChI is InChI=1S/C8H9N3O3/c12-8(13)11-1-4-5(2-11)6(4)7-10-9-3-14-7/h3-6H,1-2H2,(H,12,13)/t4-,5+,6+. The van der Waals surface area contributed by atoms with E-state index in [0.29, 0.717) is 36.7 Å². The van der Waals surface area contributed by atoms with E-state index in [9.17, 15) is 4.79 Å². The fraction of sp³-hybridized carbons (Fsp3) is 0.625. The Kier molecular flexibility index (Phi) is 1.37. The van der Waals surface area contributed by atoms with E-state index in [1.807, 2.05) is 0 Å². The maximum Gasteiger partial charge on any atom is 0.407 e. The fourth-order valence-electron chi connectivity index (χ4n) is 2.38. The molecule has 0 spiro atoms. The van der Waals surface area contributed by atoms with Crippen LogP contribution in [0.25, 0.3) is 0 Å². The second-order valence-corrected chi connectivity index (χ2v) is 3.82. The van der Waals surface area contributed by atoms with E-state index < -0.39 is 6.09 Å². The summed E-state index contributed by atoms with van der Waals surface area (Å²) in [5.41, 5.74) is 0. The average molecular weight is 195 g/mol. The molecule has 0 radical (unpaired) electrons. The first-order valence-electron chi connectivity index (χ1n) is 4.51. The van der Waals surface area contributed by atoms with Gasteiger partial charge in [0.2, 0.25) is 12.3 Å². The van der Waals surface area contributed by atoms with E-state index in [0.717, 1.165) is 0 Å². The zero-order chi connectivity index (χ0) is 9.71. The highest BCUT2D eigenvalue weighted by atomic mass is 16.4. The largest absolute Gasteiger partial charge is 0.465 e. The molecular weight excluding hydrogens is 186 g/mol. The summed E-state index contributed by atoms with van der Waals surface area (Å²) in [6, 6.07) is 0. The van der Waals surface area contributed by atoms with Crippen molar-refractivity contribution in [2.24, 2.45) is 11.8 Å². The van der Waals surface area contributed by atoms with Gasteiger partial charge in [-0.1, -0.05) is 0 Å². The number of hydrogen-bond donors (Lipinski definition) is 1. The minimum Gasteiger partial charge on any atom is -0.465 e. The summed E-state index contributed by atoms with van der Waals surface area (Å²) in [4.78, 5) is 12.1. The minimum absolute atomic E-state index is 0.299. The highest BCUT2D eigenvalue weighted by Gasteiger charge is 2.59. The molecule has 3 atom stereocenters. The number of amides is 1. The fourth-order valence-corrected chi connectivity index (χ4v) is 2.38. The van der Waals surface area contributed by atoms with Gasteiger partial charge in [0.25, 0.3) is 0 Å². The lowest BCUT2D eigenvalue weighted by atomic mass is 10.3. The van der Waals surface area contributed by atoms with Crippen LogP contribution < -0.4 is 0 Å². The molecule has 1 aliphatic heterocycles. The van der Waals surface area contributed by atoms with Gasteiger partial charge in [-0.3, -0.25) is 0 Å². The third-order valence-corrected chi connectivity index (χ3v) is 3.13. The van der Waals surface area contributed by atoms with Crippen molar-refractivity contribution < 1.29 is 14.3 Å². The predicted octanol–water partition coefficient (Wildman–Crippen LogP) is 0.393. The average Bonchev–Trinajstić information content (AvgIpc) is 2.66. The Hall–Kier alpha value is -1.59. The smallest absolute Gasteiger partial charge is 0.407 e. The number of carbonyl (C=O) groups is 1. The molecule has 74 valence electrons. The number of rotatable bonds is 1. The lowest BCUT2D eigenvalue weighted by Crippen LogP contribution is -2.29. The molecule has 1 saturated carbocycles. The van der Waals surface area contributed by atoms with Crippen molar-refractivity contribution in [2.45, 2.75) is 5.92 Å². The van der Waals surface area contributed by atoms with E-state index in [4.69, 9.17) is 9.52 Å². The van der Waals surface area contributed by atoms with Crippen LogP contribution in [0.1, 0.15) is 11.8 Å². The molecule has 2 fully saturated rings. The van der Waals surface area contributed by atoms with Crippen molar-refractivity contribution in [2.75, 3.05) is 13.1 Å². The van der Waals surface area contributed by atoms with Crippen molar-refractivity contribution >= 4 is 6.09 Å². The zero-order valence-electron chi connectivity index (χ0n) is 7.33. The summed E-state index contributed by atoms with van der Waals surface area (Å²) >= 11 is 0. The van der Waals surface area contributed by atoms with E-state index >= 15 is 0 Å². The SMILES string of the molecule is O=C(O)N1C[C@@H]2[C@H](C1)[C@H]2c1nnco1. The number of aromatic nitrogens is 2. The molecule has 0 unspecified atom stereocenters. The molecule has 1 saturated heterocycles. The Morgan fingerprint density at radius 2 is 2.29 bits per heavy atom. The zero-order valence-corrected chi connectivity index (χ0v) is 7.33. The first-order chi connectivity index (χ1) is 6.77. The van der Waals surface area contributed by atoms with Gasteiger partial charge >= 0.3 is 6.09 Å². The molecular formula is C8H9N3O3. The van der Waals surface area contributed by atoms with Crippen molar-refractivity contribution in [3.63, 3.8) is 0 Å². The number of likely N-dealkylation sites (tertiary alicyclic amines) is 1. The van der Waals surface area contributed by atoms with E-state index in [2.05, 4.69) is 10.2 Å². The van der Waals surface area contributed by atoms with Gasteiger partial charge in [-0.05, 0) is 11.8 Å². The minimum atomic E-state index is -0.832. The third kappa shape index (κ3) is 0.934. The molecule has 14 heavy (non-hydrogen) atoms. The van der Waals surface area contributed by atoms with Crippen molar-refractivity contribution in [3.05, 3.63) is 12.3 Å². The Morgan fingerprint density at radius 1 is 1.57 bits per heavy atom. The molecule has 2 heterocycles. The van der Waals surface area contributed by atoms with E-state index in [-0.39, 0.29) is 0 Å². The number of fused-ring (bicyclic) bond motifs is 1. The van der Waals surface area contributed by atoms with E-state index in [1.54, 1.807) is 0 Å². The first kappa shape index (κ1) is 7.78. The third-order valence-electron chi connectivity index (χ3n) is 3.13. The van der Waals surface area contributed by atoms with Gasteiger partial charge in [-0.2, -0.15) is 0 Å². The molecule has 0 bridgehead atoms. The van der Waals surface area contributed by atoms with Gasteiger partial charge in [-0.25, -0.2) is 4.79 Å². The molecule has 1 aliphatic carbocycles. The Balaban J connectivity index is 1.70. The maximum atomic E-state index is 10.6. The second-order valence-electron chi connectivity index (χ2n) is 3.82. The first-order valence-corrected chi connectivity index (χ1v) is 4.51. The lowest BCUT2D eigenvalue weighted by Gasteiger charge is -2.14. The molecule has 1 amide bonds. The summed E-state index contributed by atoms with van der Waals surface area (Å²) in [7, 11) is 0. The normalized spacial score (nSPS) is 34.3. The van der Waals surface area contributed by atoms with Crippen LogP contribution in [0.15, 0.2) is 10.8 Å². The number of piperidine rings is 1. The summed E-state index contributed by atoms with van der Waals surface area (Å²) in [6.45, 7) is 1.21. The Labute approximate surface area is 79.5 Å². The van der Waals surface area contributed by atoms with Gasteiger partial charge in [0.15, 0.2) is 0 Å². The quantitative estimate of drug-likeness (QED) is 0.701. The number of carboxylic acid groups (broad SMARTS) is 1. The van der Waals surface area contributed by atoms with Crippen LogP contribution in [-0.2, 0) is 0 Å². The number of hydrogen-bond acceptors (Lipinski definition) is 4. The highest BCUT2D eigenvalue weighted by Crippen LogP contribution is 2.57. The second kappa shape index (κ2) is 2.46. The summed E-state index contributed by atoms with van der Waals surface area (Å²) in [5, 5.41) is 16.2. The molecule has 6 nitrogen and oxygen atoms in total. The molecule has 6 heteroatoms. The highest BCUT2D eigenvalue weighted by molar-refractivity contribution is 5.66. The van der Waals surface area contributed by atoms with Crippen LogP contribution in [0.2, 0.25) is 0 Å². The lowest BCUT2D eigenvalue weighted by molar-refractivity contribution is 0.149. The molecule has 0 aromatic carbocycles. The Morgan fingerprint density at radius 3 is 2.79 bits per heavy atom. The Bertz CT molecular complexity index is 352. The molecule has 1 aromatic heterocycles. The van der Waals surface area contributed by atoms with Gasteiger partial charge in [-0.15, -0.1) is 10.2 Å².